The molecule has 116 valence electrons. The first-order valence-electron chi connectivity index (χ1n) is 6.79. The van der Waals surface area contributed by atoms with Crippen LogP contribution in [0.4, 0.5) is 9.52 Å². The molecule has 2 heterocycles. The van der Waals surface area contributed by atoms with E-state index >= 15 is 0 Å². The second-order valence-corrected chi connectivity index (χ2v) is 7.20. The summed E-state index contributed by atoms with van der Waals surface area (Å²) in [5, 5.41) is 12.9. The summed E-state index contributed by atoms with van der Waals surface area (Å²) in [6.07, 6.45) is 0.231. The topological polar surface area (TPSA) is 58.1 Å². The molecule has 1 aromatic heterocycles. The SMILES string of the molecule is Cc1nnc(N2CC(NC(=O)Cc3ccc(F)cc3Br)C2)s1. The molecule has 3 rings (SSSR count). The number of benzene rings is 1. The number of carbonyl (C=O) groups is 1. The van der Waals surface area contributed by atoms with Crippen LogP contribution in [0.5, 0.6) is 0 Å². The van der Waals surface area contributed by atoms with Crippen molar-refractivity contribution in [3.8, 4) is 0 Å². The second kappa shape index (κ2) is 6.29. The number of halogens is 2. The van der Waals surface area contributed by atoms with Gasteiger partial charge in [-0.3, -0.25) is 4.79 Å². The van der Waals surface area contributed by atoms with E-state index in [9.17, 15) is 9.18 Å². The Hall–Kier alpha value is -1.54. The molecule has 1 aliphatic heterocycles. The first kappa shape index (κ1) is 15.4. The minimum Gasteiger partial charge on any atom is -0.350 e. The predicted molar refractivity (Wildman–Crippen MR) is 86.6 cm³/mol. The number of hydrogen-bond acceptors (Lipinski definition) is 5. The lowest BCUT2D eigenvalue weighted by molar-refractivity contribution is -0.121. The van der Waals surface area contributed by atoms with Crippen molar-refractivity contribution in [2.24, 2.45) is 0 Å². The zero-order chi connectivity index (χ0) is 15.7. The maximum atomic E-state index is 13.0. The van der Waals surface area contributed by atoms with Crippen LogP contribution in [0.15, 0.2) is 22.7 Å². The number of nitrogens with zero attached hydrogens (tertiary/aromatic N) is 3. The highest BCUT2D eigenvalue weighted by molar-refractivity contribution is 9.10. The standard InChI is InChI=1S/C14H14BrFN4OS/c1-8-18-19-14(22-8)20-6-11(7-20)17-13(21)4-9-2-3-10(16)5-12(9)15/h2-3,5,11H,4,6-7H2,1H3,(H,17,21). The zero-order valence-corrected chi connectivity index (χ0v) is 14.2. The third kappa shape index (κ3) is 3.44. The Morgan fingerprint density at radius 1 is 1.50 bits per heavy atom. The van der Waals surface area contributed by atoms with Gasteiger partial charge in [-0.1, -0.05) is 33.3 Å². The van der Waals surface area contributed by atoms with Gasteiger partial charge in [0.25, 0.3) is 0 Å². The average molecular weight is 385 g/mol. The van der Waals surface area contributed by atoms with E-state index in [1.54, 1.807) is 17.4 Å². The van der Waals surface area contributed by atoms with Crippen LogP contribution in [-0.4, -0.2) is 35.2 Å². The molecule has 0 aliphatic carbocycles. The van der Waals surface area contributed by atoms with Crippen LogP contribution in [-0.2, 0) is 11.2 Å². The first-order valence-corrected chi connectivity index (χ1v) is 8.40. The molecular formula is C14H14BrFN4OS. The fourth-order valence-corrected chi connectivity index (χ4v) is 3.45. The molecule has 8 heteroatoms. The smallest absolute Gasteiger partial charge is 0.224 e. The van der Waals surface area contributed by atoms with E-state index in [0.717, 1.165) is 28.8 Å². The van der Waals surface area contributed by atoms with Gasteiger partial charge in [0, 0.05) is 17.6 Å². The van der Waals surface area contributed by atoms with Gasteiger partial charge in [-0.15, -0.1) is 10.2 Å². The van der Waals surface area contributed by atoms with E-state index < -0.39 is 0 Å². The molecule has 2 aromatic rings. The van der Waals surface area contributed by atoms with Crippen molar-refractivity contribution < 1.29 is 9.18 Å². The van der Waals surface area contributed by atoms with E-state index in [1.165, 1.54) is 12.1 Å². The van der Waals surface area contributed by atoms with E-state index in [4.69, 9.17) is 0 Å². The summed E-state index contributed by atoms with van der Waals surface area (Å²) in [5.41, 5.74) is 0.773. The normalized spacial score (nSPS) is 14.8. The molecule has 0 bridgehead atoms. The Balaban J connectivity index is 1.49. The molecule has 1 aromatic carbocycles. The molecule has 1 aliphatic rings. The Kier molecular flexibility index (Phi) is 4.39. The van der Waals surface area contributed by atoms with E-state index in [2.05, 4.69) is 36.3 Å². The van der Waals surface area contributed by atoms with E-state index in [1.807, 2.05) is 6.92 Å². The lowest BCUT2D eigenvalue weighted by Gasteiger charge is -2.39. The number of carbonyl (C=O) groups excluding carboxylic acids is 1. The Bertz CT molecular complexity index is 702. The van der Waals surface area contributed by atoms with Gasteiger partial charge in [0.2, 0.25) is 11.0 Å². The van der Waals surface area contributed by atoms with Gasteiger partial charge in [0.15, 0.2) is 0 Å². The second-order valence-electron chi connectivity index (χ2n) is 5.19. The Labute approximate surface area is 139 Å². The number of aryl methyl sites for hydroxylation is 1. The van der Waals surface area contributed by atoms with Gasteiger partial charge in [0.05, 0.1) is 12.5 Å². The summed E-state index contributed by atoms with van der Waals surface area (Å²) in [5.74, 6) is -0.386. The summed E-state index contributed by atoms with van der Waals surface area (Å²) in [4.78, 5) is 14.1. The monoisotopic (exact) mass is 384 g/mol. The van der Waals surface area contributed by atoms with Crippen molar-refractivity contribution >= 4 is 38.3 Å². The van der Waals surface area contributed by atoms with Crippen molar-refractivity contribution in [1.29, 1.82) is 0 Å². The Morgan fingerprint density at radius 3 is 2.91 bits per heavy atom. The van der Waals surface area contributed by atoms with Crippen LogP contribution in [0.1, 0.15) is 10.6 Å². The van der Waals surface area contributed by atoms with Crippen molar-refractivity contribution in [2.75, 3.05) is 18.0 Å². The highest BCUT2D eigenvalue weighted by Crippen LogP contribution is 2.24. The van der Waals surface area contributed by atoms with Gasteiger partial charge >= 0.3 is 0 Å². The maximum absolute atomic E-state index is 13.0. The third-order valence-corrected chi connectivity index (χ3v) is 5.04. The predicted octanol–water partition coefficient (Wildman–Crippen LogP) is 2.30. The van der Waals surface area contributed by atoms with Crippen molar-refractivity contribution in [3.05, 3.63) is 39.1 Å². The van der Waals surface area contributed by atoms with Crippen LogP contribution in [0, 0.1) is 12.7 Å². The van der Waals surface area contributed by atoms with Crippen LogP contribution in [0.2, 0.25) is 0 Å². The highest BCUT2D eigenvalue weighted by atomic mass is 79.9. The minimum absolute atomic E-state index is 0.0644. The maximum Gasteiger partial charge on any atom is 0.224 e. The van der Waals surface area contributed by atoms with Crippen LogP contribution < -0.4 is 10.2 Å². The molecule has 0 atom stereocenters. The lowest BCUT2D eigenvalue weighted by Crippen LogP contribution is -2.59. The zero-order valence-electron chi connectivity index (χ0n) is 11.8. The Morgan fingerprint density at radius 2 is 2.27 bits per heavy atom. The first-order chi connectivity index (χ1) is 10.5. The molecular weight excluding hydrogens is 371 g/mol. The molecule has 0 radical (unpaired) electrons. The molecule has 1 N–H and O–H groups in total. The molecule has 5 nitrogen and oxygen atoms in total. The average Bonchev–Trinajstić information content (AvgIpc) is 2.83. The van der Waals surface area contributed by atoms with Crippen molar-refractivity contribution in [2.45, 2.75) is 19.4 Å². The van der Waals surface area contributed by atoms with Crippen LogP contribution in [0.25, 0.3) is 0 Å². The molecule has 22 heavy (non-hydrogen) atoms. The van der Waals surface area contributed by atoms with Crippen LogP contribution in [0.3, 0.4) is 0 Å². The summed E-state index contributed by atoms with van der Waals surface area (Å²) in [6.45, 7) is 3.40. The summed E-state index contributed by atoms with van der Waals surface area (Å²) < 4.78 is 13.6. The molecule has 1 saturated heterocycles. The third-order valence-electron chi connectivity index (χ3n) is 3.40. The quantitative estimate of drug-likeness (QED) is 0.878. The highest BCUT2D eigenvalue weighted by Gasteiger charge is 2.30. The van der Waals surface area contributed by atoms with Gasteiger partial charge in [-0.2, -0.15) is 0 Å². The van der Waals surface area contributed by atoms with Gasteiger partial charge in [0.1, 0.15) is 10.8 Å². The van der Waals surface area contributed by atoms with E-state index in [0.29, 0.717) is 4.47 Å². The minimum atomic E-state index is -0.321. The molecule has 0 unspecified atom stereocenters. The lowest BCUT2D eigenvalue weighted by atomic mass is 10.1. The molecule has 1 amide bonds. The fourth-order valence-electron chi connectivity index (χ4n) is 2.26. The summed E-state index contributed by atoms with van der Waals surface area (Å²) in [6, 6.07) is 4.47. The number of amides is 1. The van der Waals surface area contributed by atoms with Gasteiger partial charge < -0.3 is 10.2 Å². The number of aromatic nitrogens is 2. The molecule has 1 fully saturated rings. The van der Waals surface area contributed by atoms with E-state index in [-0.39, 0.29) is 24.2 Å². The van der Waals surface area contributed by atoms with Crippen LogP contribution >= 0.6 is 27.3 Å². The van der Waals surface area contributed by atoms with Crippen molar-refractivity contribution in [1.82, 2.24) is 15.5 Å². The number of hydrogen-bond donors (Lipinski definition) is 1. The largest absolute Gasteiger partial charge is 0.350 e. The number of rotatable bonds is 4. The fraction of sp³-hybridized carbons (Fsp3) is 0.357. The molecule has 0 saturated carbocycles. The summed E-state index contributed by atoms with van der Waals surface area (Å²) in [7, 11) is 0. The number of anilines is 1. The molecule has 0 spiro atoms. The summed E-state index contributed by atoms with van der Waals surface area (Å²) >= 11 is 4.82. The van der Waals surface area contributed by atoms with Gasteiger partial charge in [-0.05, 0) is 24.6 Å². The van der Waals surface area contributed by atoms with Crippen molar-refractivity contribution in [3.63, 3.8) is 0 Å². The number of nitrogens with one attached hydrogen (secondary N) is 1. The van der Waals surface area contributed by atoms with Gasteiger partial charge in [-0.25, -0.2) is 4.39 Å².